The Morgan fingerprint density at radius 1 is 1.13 bits per heavy atom. The van der Waals surface area contributed by atoms with Gasteiger partial charge >= 0.3 is 0 Å². The van der Waals surface area contributed by atoms with Gasteiger partial charge in [-0.3, -0.25) is 9.69 Å². The molecule has 4 heterocycles. The van der Waals surface area contributed by atoms with E-state index in [9.17, 15) is 13.2 Å². The Morgan fingerprint density at radius 3 is 2.57 bits per heavy atom. The largest absolute Gasteiger partial charge is 0.379 e. The maximum Gasteiger partial charge on any atom is 0.282 e. The highest BCUT2D eigenvalue weighted by molar-refractivity contribution is 7.86. The molecular formula is C20H31N5O4S. The lowest BCUT2D eigenvalue weighted by Gasteiger charge is -2.34. The number of morpholine rings is 1. The van der Waals surface area contributed by atoms with Crippen LogP contribution in [-0.2, 0) is 26.2 Å². The molecule has 0 radical (unpaired) electrons. The molecule has 2 fully saturated rings. The van der Waals surface area contributed by atoms with Gasteiger partial charge < -0.3 is 4.74 Å². The van der Waals surface area contributed by atoms with Gasteiger partial charge in [-0.1, -0.05) is 13.8 Å². The van der Waals surface area contributed by atoms with Crippen molar-refractivity contribution in [2.45, 2.75) is 52.5 Å². The van der Waals surface area contributed by atoms with Gasteiger partial charge in [-0.2, -0.15) is 17.0 Å². The van der Waals surface area contributed by atoms with Crippen LogP contribution in [0.3, 0.4) is 0 Å². The number of nitrogens with zero attached hydrogens (tertiary/aromatic N) is 5. The lowest BCUT2D eigenvalue weighted by molar-refractivity contribution is -0.119. The normalized spacial score (nSPS) is 23.9. The zero-order valence-corrected chi connectivity index (χ0v) is 18.8. The number of rotatable bonds is 5. The first-order valence-electron chi connectivity index (χ1n) is 10.8. The summed E-state index contributed by atoms with van der Waals surface area (Å²) in [7, 11) is -3.61. The van der Waals surface area contributed by atoms with Gasteiger partial charge in [0, 0.05) is 43.9 Å². The molecule has 9 nitrogen and oxygen atoms in total. The van der Waals surface area contributed by atoms with Crippen molar-refractivity contribution in [3.05, 3.63) is 17.1 Å². The van der Waals surface area contributed by atoms with Crippen LogP contribution in [0.25, 0.3) is 0 Å². The second-order valence-electron chi connectivity index (χ2n) is 8.66. The van der Waals surface area contributed by atoms with Gasteiger partial charge in [0.25, 0.3) is 10.2 Å². The number of carbonyl (C=O) groups excluding carboxylic acids is 1. The topological polar surface area (TPSA) is 95.9 Å². The number of hydrogen-bond acceptors (Lipinski definition) is 6. The summed E-state index contributed by atoms with van der Waals surface area (Å²) in [6, 6.07) is -0.403. The summed E-state index contributed by atoms with van der Waals surface area (Å²) >= 11 is 0. The Hall–Kier alpha value is -1.62. The van der Waals surface area contributed by atoms with Gasteiger partial charge in [0.05, 0.1) is 19.3 Å². The third-order valence-electron chi connectivity index (χ3n) is 6.00. The lowest BCUT2D eigenvalue weighted by Crippen LogP contribution is -2.48. The number of amides is 1. The van der Waals surface area contributed by atoms with Crippen LogP contribution >= 0.6 is 0 Å². The monoisotopic (exact) mass is 437 g/mol. The molecule has 0 aromatic carbocycles. The highest BCUT2D eigenvalue weighted by Crippen LogP contribution is 2.37. The van der Waals surface area contributed by atoms with Crippen molar-refractivity contribution < 1.29 is 17.9 Å². The quantitative estimate of drug-likeness (QED) is 0.692. The van der Waals surface area contributed by atoms with Crippen LogP contribution in [0.4, 0.5) is 5.82 Å². The summed E-state index contributed by atoms with van der Waals surface area (Å²) in [5.41, 5.74) is 1.84. The Morgan fingerprint density at radius 2 is 1.87 bits per heavy atom. The maximum absolute atomic E-state index is 13.3. The molecule has 30 heavy (non-hydrogen) atoms. The second-order valence-corrected chi connectivity index (χ2v) is 10.5. The minimum absolute atomic E-state index is 0.0736. The Labute approximate surface area is 178 Å². The molecular weight excluding hydrogens is 406 g/mol. The van der Waals surface area contributed by atoms with Gasteiger partial charge in [0.1, 0.15) is 11.6 Å². The fourth-order valence-corrected chi connectivity index (χ4v) is 6.29. The van der Waals surface area contributed by atoms with Crippen molar-refractivity contribution in [3.8, 4) is 0 Å². The van der Waals surface area contributed by atoms with E-state index in [1.54, 1.807) is 4.90 Å². The van der Waals surface area contributed by atoms with Crippen molar-refractivity contribution in [3.63, 3.8) is 0 Å². The van der Waals surface area contributed by atoms with E-state index in [0.717, 1.165) is 17.7 Å². The summed E-state index contributed by atoms with van der Waals surface area (Å²) in [6.07, 6.45) is 2.54. The molecule has 1 aromatic rings. The molecule has 0 bridgehead atoms. The lowest BCUT2D eigenvalue weighted by atomic mass is 10.0. The van der Waals surface area contributed by atoms with E-state index in [2.05, 4.69) is 13.8 Å². The van der Waals surface area contributed by atoms with Crippen LogP contribution in [0.2, 0.25) is 0 Å². The molecule has 1 unspecified atom stereocenters. The molecule has 2 saturated heterocycles. The van der Waals surface area contributed by atoms with Crippen LogP contribution < -0.4 is 4.90 Å². The number of anilines is 1. The summed E-state index contributed by atoms with van der Waals surface area (Å²) in [5.74, 6) is 1.55. The predicted molar refractivity (Wildman–Crippen MR) is 112 cm³/mol. The number of aromatic nitrogens is 2. The van der Waals surface area contributed by atoms with Crippen molar-refractivity contribution in [1.29, 1.82) is 0 Å². The number of ether oxygens (including phenoxy) is 1. The third-order valence-corrected chi connectivity index (χ3v) is 8.04. The first kappa shape index (κ1) is 21.6. The van der Waals surface area contributed by atoms with Crippen LogP contribution in [0.15, 0.2) is 0 Å². The minimum atomic E-state index is -3.61. The third kappa shape index (κ3) is 3.98. The van der Waals surface area contributed by atoms with E-state index in [4.69, 9.17) is 14.7 Å². The van der Waals surface area contributed by atoms with Gasteiger partial charge in [-0.25, -0.2) is 9.97 Å². The first-order valence-corrected chi connectivity index (χ1v) is 12.2. The molecule has 1 atom stereocenters. The Balaban J connectivity index is 1.69. The van der Waals surface area contributed by atoms with Crippen LogP contribution in [0.5, 0.6) is 0 Å². The summed E-state index contributed by atoms with van der Waals surface area (Å²) < 4.78 is 34.9. The highest BCUT2D eigenvalue weighted by atomic mass is 32.2. The summed E-state index contributed by atoms with van der Waals surface area (Å²) in [5, 5.41) is 0. The number of hydrogen-bond donors (Lipinski definition) is 0. The first-order chi connectivity index (χ1) is 14.3. The maximum atomic E-state index is 13.3. The smallest absolute Gasteiger partial charge is 0.282 e. The molecule has 0 N–H and O–H groups in total. The zero-order chi connectivity index (χ0) is 21.5. The molecule has 3 aliphatic heterocycles. The highest BCUT2D eigenvalue weighted by Gasteiger charge is 2.41. The number of carbonyl (C=O) groups is 1. The Kier molecular flexibility index (Phi) is 6.11. The van der Waals surface area contributed by atoms with Crippen molar-refractivity contribution in [2.24, 2.45) is 5.92 Å². The zero-order valence-electron chi connectivity index (χ0n) is 18.0. The van der Waals surface area contributed by atoms with E-state index >= 15 is 0 Å². The standard InChI is InChI=1S/C20H31N5O4S/c1-14(2)13-24-18(26)7-6-16-15(3)21-19(22-20(16)24)17-5-4-8-25(17)30(27,28)23-9-11-29-12-10-23/h14,17H,4-13H2,1-3H3. The molecule has 166 valence electrons. The molecule has 1 amide bonds. The molecule has 0 saturated carbocycles. The van der Waals surface area contributed by atoms with Crippen molar-refractivity contribution in [2.75, 3.05) is 44.3 Å². The molecule has 1 aromatic heterocycles. The van der Waals surface area contributed by atoms with Crippen LogP contribution in [0.1, 0.15) is 56.2 Å². The van der Waals surface area contributed by atoms with E-state index in [0.29, 0.717) is 76.2 Å². The van der Waals surface area contributed by atoms with E-state index < -0.39 is 16.3 Å². The average Bonchev–Trinajstić information content (AvgIpc) is 3.21. The molecule has 4 rings (SSSR count). The van der Waals surface area contributed by atoms with Crippen molar-refractivity contribution >= 4 is 21.9 Å². The SMILES string of the molecule is Cc1nc(C2CCCN2S(=O)(=O)N2CCOCC2)nc2c1CCC(=O)N2CC(C)C. The van der Waals surface area contributed by atoms with Gasteiger partial charge in [-0.05, 0) is 32.1 Å². The fourth-order valence-electron chi connectivity index (χ4n) is 4.51. The molecule has 0 aliphatic carbocycles. The molecule has 3 aliphatic rings. The second kappa shape index (κ2) is 8.49. The van der Waals surface area contributed by atoms with E-state index in [1.807, 2.05) is 6.92 Å². The van der Waals surface area contributed by atoms with E-state index in [1.165, 1.54) is 8.61 Å². The van der Waals surface area contributed by atoms with Crippen LogP contribution in [-0.4, -0.2) is 72.3 Å². The molecule has 10 heteroatoms. The van der Waals surface area contributed by atoms with E-state index in [-0.39, 0.29) is 5.91 Å². The summed E-state index contributed by atoms with van der Waals surface area (Å²) in [6.45, 7) is 8.70. The number of fused-ring (bicyclic) bond motifs is 1. The van der Waals surface area contributed by atoms with Gasteiger partial charge in [-0.15, -0.1) is 0 Å². The number of aryl methyl sites for hydroxylation is 1. The average molecular weight is 438 g/mol. The van der Waals surface area contributed by atoms with Gasteiger partial charge in [0.2, 0.25) is 5.91 Å². The van der Waals surface area contributed by atoms with Crippen molar-refractivity contribution in [1.82, 2.24) is 18.6 Å². The Bertz CT molecular complexity index is 914. The van der Waals surface area contributed by atoms with Gasteiger partial charge in [0.15, 0.2) is 0 Å². The fraction of sp³-hybridized carbons (Fsp3) is 0.750. The summed E-state index contributed by atoms with van der Waals surface area (Å²) in [4.78, 5) is 23.9. The van der Waals surface area contributed by atoms with Crippen LogP contribution in [0, 0.1) is 12.8 Å². The molecule has 0 spiro atoms. The predicted octanol–water partition coefficient (Wildman–Crippen LogP) is 1.43. The minimum Gasteiger partial charge on any atom is -0.379 e.